The van der Waals surface area contributed by atoms with Crippen LogP contribution in [0.15, 0.2) is 36.4 Å². The zero-order valence-electron chi connectivity index (χ0n) is 27.6. The summed E-state index contributed by atoms with van der Waals surface area (Å²) in [5, 5.41) is 0. The van der Waals surface area contributed by atoms with E-state index < -0.39 is 0 Å². The molecule has 0 N–H and O–H groups in total. The largest absolute Gasteiger partial charge is 0.490 e. The van der Waals surface area contributed by atoms with E-state index in [2.05, 4.69) is 125 Å². The summed E-state index contributed by atoms with van der Waals surface area (Å²) in [6.45, 7) is 25.4. The second kappa shape index (κ2) is 10.5. The van der Waals surface area contributed by atoms with Crippen molar-refractivity contribution >= 4 is 12.2 Å². The van der Waals surface area contributed by atoms with Gasteiger partial charge in [0.15, 0.2) is 0 Å². The van der Waals surface area contributed by atoms with Crippen LogP contribution in [-0.2, 0) is 48.3 Å². The Morgan fingerprint density at radius 2 is 0.805 bits per heavy atom. The highest BCUT2D eigenvalue weighted by Crippen LogP contribution is 2.39. The van der Waals surface area contributed by atoms with Gasteiger partial charge in [-0.1, -0.05) is 111 Å². The summed E-state index contributed by atoms with van der Waals surface area (Å²) in [5.74, 6) is 1.12. The minimum absolute atomic E-state index is 0.0791. The van der Waals surface area contributed by atoms with Gasteiger partial charge >= 0.3 is 0 Å². The molecule has 0 saturated carbocycles. The molecule has 0 fully saturated rings. The smallest absolute Gasteiger partial charge is 0.126 e. The quantitative estimate of drug-likeness (QED) is 0.242. The molecule has 1 nitrogen and oxygen atoms in total. The predicted octanol–water partition coefficient (Wildman–Crippen LogP) is 10.3. The van der Waals surface area contributed by atoms with Crippen LogP contribution in [-0.4, -0.2) is 6.10 Å². The fourth-order valence-corrected chi connectivity index (χ4v) is 6.41. The average Bonchev–Trinajstić information content (AvgIpc) is 3.03. The highest BCUT2D eigenvalue weighted by molar-refractivity contribution is 5.79. The predicted molar refractivity (Wildman–Crippen MR) is 178 cm³/mol. The fourth-order valence-electron chi connectivity index (χ4n) is 6.41. The molecular weight excluding hydrogens is 496 g/mol. The molecular formula is C40H52O. The summed E-state index contributed by atoms with van der Waals surface area (Å²) < 4.78 is 6.67. The molecule has 218 valence electrons. The van der Waals surface area contributed by atoms with Crippen molar-refractivity contribution in [1.82, 2.24) is 0 Å². The Hall–Kier alpha value is -2.80. The molecule has 0 heterocycles. The maximum absolute atomic E-state index is 6.67. The van der Waals surface area contributed by atoms with Gasteiger partial charge in [-0.05, 0) is 123 Å². The summed E-state index contributed by atoms with van der Waals surface area (Å²) in [6.07, 6.45) is 9.98. The van der Waals surface area contributed by atoms with Gasteiger partial charge in [-0.15, -0.1) is 0 Å². The molecule has 0 atom stereocenters. The third-order valence-electron chi connectivity index (χ3n) is 9.02. The summed E-state index contributed by atoms with van der Waals surface area (Å²) in [5.41, 5.74) is 16.0. The van der Waals surface area contributed by atoms with Gasteiger partial charge in [0.05, 0.1) is 6.10 Å². The highest BCUT2D eigenvalue weighted by atomic mass is 16.5. The number of ether oxygens (including phenoxy) is 1. The number of hydrogen-bond acceptors (Lipinski definition) is 1. The SMILES string of the molecule is CC(C)Oc1c2cc(C(C)(C)C)cc1CCc1cc(C(C)(C)C)cc3c1C=Cc1c(cc(C(C)(C)C)cc1C3)CC2. The van der Waals surface area contributed by atoms with E-state index in [0.29, 0.717) is 0 Å². The molecule has 3 aromatic rings. The number of hydrogen-bond donors (Lipinski definition) is 0. The summed E-state index contributed by atoms with van der Waals surface area (Å²) in [4.78, 5) is 0. The van der Waals surface area contributed by atoms with Crippen LogP contribution in [0.5, 0.6) is 5.75 Å². The van der Waals surface area contributed by atoms with Crippen LogP contribution in [0.1, 0.15) is 137 Å². The molecule has 4 bridgehead atoms. The lowest BCUT2D eigenvalue weighted by Crippen LogP contribution is -2.17. The lowest BCUT2D eigenvalue weighted by Gasteiger charge is -2.27. The standard InChI is InChI=1S/C40H52O/c1-25(2)41-37-28-14-12-26-19-32(38(3,4)5)23-30-18-31-24-33(39(6,7)8)20-27(36(31)17-16-35(26)30)13-15-29(37)22-34(21-28)40(9,10)11/h16-17,19-25H,12-15,18H2,1-11H3. The van der Waals surface area contributed by atoms with Crippen molar-refractivity contribution < 1.29 is 4.74 Å². The Balaban J connectivity index is 1.81. The fraction of sp³-hybridized carbons (Fsp3) is 0.500. The lowest BCUT2D eigenvalue weighted by molar-refractivity contribution is 0.237. The minimum Gasteiger partial charge on any atom is -0.490 e. The van der Waals surface area contributed by atoms with Gasteiger partial charge in [-0.3, -0.25) is 0 Å². The third-order valence-corrected chi connectivity index (χ3v) is 9.02. The van der Waals surface area contributed by atoms with E-state index in [0.717, 1.165) is 37.9 Å². The molecule has 5 rings (SSSR count). The van der Waals surface area contributed by atoms with Crippen molar-refractivity contribution in [1.29, 1.82) is 0 Å². The van der Waals surface area contributed by atoms with E-state index in [1.807, 2.05) is 0 Å². The van der Waals surface area contributed by atoms with Gasteiger partial charge in [0.1, 0.15) is 5.75 Å². The first kappa shape index (κ1) is 29.7. The molecule has 3 aromatic carbocycles. The van der Waals surface area contributed by atoms with Gasteiger partial charge < -0.3 is 4.74 Å². The Kier molecular flexibility index (Phi) is 7.59. The molecule has 0 amide bonds. The van der Waals surface area contributed by atoms with Crippen molar-refractivity contribution in [2.45, 2.75) is 131 Å². The number of benzene rings is 3. The first-order valence-corrected chi connectivity index (χ1v) is 15.8. The van der Waals surface area contributed by atoms with Crippen LogP contribution >= 0.6 is 0 Å². The Labute approximate surface area is 250 Å². The van der Waals surface area contributed by atoms with Crippen molar-refractivity contribution in [3.8, 4) is 5.75 Å². The number of rotatable bonds is 2. The first-order valence-electron chi connectivity index (χ1n) is 15.8. The molecule has 0 unspecified atom stereocenters. The topological polar surface area (TPSA) is 9.23 Å². The van der Waals surface area contributed by atoms with Crippen LogP contribution < -0.4 is 4.74 Å². The summed E-state index contributed by atoms with van der Waals surface area (Å²) >= 11 is 0. The van der Waals surface area contributed by atoms with Gasteiger partial charge in [0.2, 0.25) is 0 Å². The summed E-state index contributed by atoms with van der Waals surface area (Å²) in [7, 11) is 0. The van der Waals surface area contributed by atoms with E-state index in [-0.39, 0.29) is 22.3 Å². The van der Waals surface area contributed by atoms with E-state index in [1.165, 1.54) is 61.2 Å². The Morgan fingerprint density at radius 1 is 0.488 bits per heavy atom. The van der Waals surface area contributed by atoms with E-state index in [4.69, 9.17) is 4.74 Å². The first-order chi connectivity index (χ1) is 19.0. The zero-order chi connectivity index (χ0) is 29.9. The van der Waals surface area contributed by atoms with E-state index in [1.54, 1.807) is 0 Å². The molecule has 0 aromatic heterocycles. The maximum Gasteiger partial charge on any atom is 0.126 e. The highest BCUT2D eigenvalue weighted by Gasteiger charge is 2.26. The van der Waals surface area contributed by atoms with Crippen molar-refractivity contribution in [3.63, 3.8) is 0 Å². The van der Waals surface area contributed by atoms with Gasteiger partial charge in [-0.25, -0.2) is 0 Å². The van der Waals surface area contributed by atoms with Crippen LogP contribution in [0.4, 0.5) is 0 Å². The Bertz CT molecular complexity index is 1390. The van der Waals surface area contributed by atoms with E-state index >= 15 is 0 Å². The normalized spacial score (nSPS) is 15.3. The second-order valence-electron chi connectivity index (χ2n) is 16.0. The molecule has 1 heteroatoms. The molecule has 2 aliphatic rings. The molecule has 0 spiro atoms. The summed E-state index contributed by atoms with van der Waals surface area (Å²) in [6, 6.07) is 14.9. The van der Waals surface area contributed by atoms with Crippen molar-refractivity contribution in [2.24, 2.45) is 0 Å². The third kappa shape index (κ3) is 6.20. The lowest BCUT2D eigenvalue weighted by atomic mass is 9.79. The van der Waals surface area contributed by atoms with Crippen LogP contribution in [0.2, 0.25) is 0 Å². The van der Waals surface area contributed by atoms with Crippen LogP contribution in [0, 0.1) is 0 Å². The molecule has 0 radical (unpaired) electrons. The molecule has 2 aliphatic carbocycles. The number of aryl methyl sites for hydroxylation is 4. The van der Waals surface area contributed by atoms with Gasteiger partial charge in [0.25, 0.3) is 0 Å². The Morgan fingerprint density at radius 3 is 1.15 bits per heavy atom. The van der Waals surface area contributed by atoms with Crippen LogP contribution in [0.3, 0.4) is 0 Å². The zero-order valence-corrected chi connectivity index (χ0v) is 27.6. The van der Waals surface area contributed by atoms with Crippen molar-refractivity contribution in [2.75, 3.05) is 0 Å². The molecule has 0 aliphatic heterocycles. The van der Waals surface area contributed by atoms with E-state index in [9.17, 15) is 0 Å². The van der Waals surface area contributed by atoms with Gasteiger partial charge in [-0.2, -0.15) is 0 Å². The van der Waals surface area contributed by atoms with Crippen LogP contribution in [0.25, 0.3) is 12.2 Å². The monoisotopic (exact) mass is 548 g/mol. The van der Waals surface area contributed by atoms with Crippen molar-refractivity contribution in [3.05, 3.63) is 97.6 Å². The minimum atomic E-state index is 0.0791. The molecule has 41 heavy (non-hydrogen) atoms. The molecule has 0 saturated heterocycles. The maximum atomic E-state index is 6.67. The van der Waals surface area contributed by atoms with Gasteiger partial charge in [0, 0.05) is 0 Å². The second-order valence-corrected chi connectivity index (χ2v) is 16.0. The number of fused-ring (bicyclic) bond motifs is 2. The average molecular weight is 549 g/mol.